The van der Waals surface area contributed by atoms with Crippen LogP contribution in [-0.2, 0) is 6.42 Å². The van der Waals surface area contributed by atoms with Gasteiger partial charge in [-0.25, -0.2) is 0 Å². The van der Waals surface area contributed by atoms with E-state index >= 15 is 0 Å². The second kappa shape index (κ2) is 4.45. The largest absolute Gasteiger partial charge is 0.364 e. The van der Waals surface area contributed by atoms with Crippen molar-refractivity contribution in [3.05, 3.63) is 23.5 Å². The number of rotatable bonds is 3. The van der Waals surface area contributed by atoms with Crippen LogP contribution in [0.1, 0.15) is 48.2 Å². The minimum absolute atomic E-state index is 0.774. The zero-order valence-corrected chi connectivity index (χ0v) is 8.46. The maximum atomic E-state index is 10.5. The van der Waals surface area contributed by atoms with Crippen molar-refractivity contribution in [1.29, 1.82) is 0 Å². The molecule has 0 radical (unpaired) electrons. The van der Waals surface area contributed by atoms with Crippen LogP contribution in [0.4, 0.5) is 0 Å². The molecule has 1 N–H and O–H groups in total. The summed E-state index contributed by atoms with van der Waals surface area (Å²) in [6.07, 6.45) is 10.7. The van der Waals surface area contributed by atoms with Crippen molar-refractivity contribution in [2.24, 2.45) is 5.92 Å². The minimum atomic E-state index is 0.774. The van der Waals surface area contributed by atoms with Crippen molar-refractivity contribution in [3.63, 3.8) is 0 Å². The van der Waals surface area contributed by atoms with Gasteiger partial charge < -0.3 is 4.98 Å². The van der Waals surface area contributed by atoms with Gasteiger partial charge in [-0.3, -0.25) is 4.79 Å². The molecular formula is C12H17NO. The molecule has 0 aromatic carbocycles. The fraction of sp³-hybridized carbons (Fsp3) is 0.583. The molecule has 14 heavy (non-hydrogen) atoms. The number of nitrogens with one attached hydrogen (secondary N) is 1. The van der Waals surface area contributed by atoms with E-state index in [1.54, 1.807) is 6.20 Å². The molecule has 0 aliphatic heterocycles. The van der Waals surface area contributed by atoms with Gasteiger partial charge in [-0.1, -0.05) is 32.1 Å². The predicted molar refractivity (Wildman–Crippen MR) is 56.5 cm³/mol. The van der Waals surface area contributed by atoms with Gasteiger partial charge in [-0.2, -0.15) is 0 Å². The number of aromatic nitrogens is 1. The second-order valence-electron chi connectivity index (χ2n) is 4.28. The molecule has 2 rings (SSSR count). The molecule has 1 fully saturated rings. The molecule has 1 saturated carbocycles. The number of hydrogen-bond donors (Lipinski definition) is 1. The van der Waals surface area contributed by atoms with Crippen molar-refractivity contribution in [2.45, 2.75) is 38.5 Å². The van der Waals surface area contributed by atoms with Crippen molar-refractivity contribution in [2.75, 3.05) is 0 Å². The Morgan fingerprint density at radius 2 is 2.14 bits per heavy atom. The molecule has 1 aliphatic carbocycles. The van der Waals surface area contributed by atoms with E-state index in [-0.39, 0.29) is 0 Å². The molecule has 0 spiro atoms. The summed E-state index contributed by atoms with van der Waals surface area (Å²) in [5.41, 5.74) is 2.00. The average Bonchev–Trinajstić information content (AvgIpc) is 2.67. The van der Waals surface area contributed by atoms with Crippen LogP contribution < -0.4 is 0 Å². The summed E-state index contributed by atoms with van der Waals surface area (Å²) in [5.74, 6) is 0.835. The molecule has 1 aliphatic rings. The highest BCUT2D eigenvalue weighted by Crippen LogP contribution is 2.26. The van der Waals surface area contributed by atoms with E-state index in [9.17, 15) is 4.79 Å². The molecule has 0 atom stereocenters. The summed E-state index contributed by atoms with van der Waals surface area (Å²) in [4.78, 5) is 13.7. The summed E-state index contributed by atoms with van der Waals surface area (Å²) in [5, 5.41) is 0. The summed E-state index contributed by atoms with van der Waals surface area (Å²) in [6.45, 7) is 0. The Labute approximate surface area is 84.7 Å². The predicted octanol–water partition coefficient (Wildman–Crippen LogP) is 2.95. The smallest absolute Gasteiger partial charge is 0.151 e. The van der Waals surface area contributed by atoms with Gasteiger partial charge in [0.2, 0.25) is 0 Å². The van der Waals surface area contributed by atoms with Gasteiger partial charge in [0.1, 0.15) is 0 Å². The SMILES string of the molecule is O=Cc1c[nH]c(CC2CCCCC2)c1. The quantitative estimate of drug-likeness (QED) is 0.732. The van der Waals surface area contributed by atoms with Crippen LogP contribution in [0, 0.1) is 5.92 Å². The van der Waals surface area contributed by atoms with E-state index in [0.29, 0.717) is 0 Å². The van der Waals surface area contributed by atoms with Crippen LogP contribution in [0.25, 0.3) is 0 Å². The number of carbonyl (C=O) groups is 1. The third-order valence-electron chi connectivity index (χ3n) is 3.13. The Morgan fingerprint density at radius 1 is 1.36 bits per heavy atom. The third-order valence-corrected chi connectivity index (χ3v) is 3.13. The Bertz CT molecular complexity index is 297. The summed E-state index contributed by atoms with van der Waals surface area (Å²) in [6, 6.07) is 1.97. The molecule has 1 aromatic rings. The number of carbonyl (C=O) groups excluding carboxylic acids is 1. The van der Waals surface area contributed by atoms with Crippen LogP contribution in [0.3, 0.4) is 0 Å². The van der Waals surface area contributed by atoms with Gasteiger partial charge in [0.05, 0.1) is 0 Å². The molecule has 0 bridgehead atoms. The fourth-order valence-corrected chi connectivity index (χ4v) is 2.35. The maximum absolute atomic E-state index is 10.5. The monoisotopic (exact) mass is 191 g/mol. The Morgan fingerprint density at radius 3 is 2.79 bits per heavy atom. The van der Waals surface area contributed by atoms with E-state index in [1.165, 1.54) is 37.8 Å². The second-order valence-corrected chi connectivity index (χ2v) is 4.28. The fourth-order valence-electron chi connectivity index (χ4n) is 2.35. The van der Waals surface area contributed by atoms with E-state index in [2.05, 4.69) is 4.98 Å². The van der Waals surface area contributed by atoms with Crippen molar-refractivity contribution >= 4 is 6.29 Å². The molecule has 2 heteroatoms. The molecule has 0 amide bonds. The summed E-state index contributed by atoms with van der Waals surface area (Å²) in [7, 11) is 0. The number of aromatic amines is 1. The average molecular weight is 191 g/mol. The zero-order valence-electron chi connectivity index (χ0n) is 8.46. The topological polar surface area (TPSA) is 32.9 Å². The lowest BCUT2D eigenvalue weighted by Gasteiger charge is -2.20. The molecule has 1 heterocycles. The van der Waals surface area contributed by atoms with Crippen molar-refractivity contribution < 1.29 is 4.79 Å². The Hall–Kier alpha value is -1.05. The highest BCUT2D eigenvalue weighted by molar-refractivity contribution is 5.74. The highest BCUT2D eigenvalue weighted by atomic mass is 16.1. The molecule has 76 valence electrons. The van der Waals surface area contributed by atoms with Crippen molar-refractivity contribution in [1.82, 2.24) is 4.98 Å². The van der Waals surface area contributed by atoms with E-state index < -0.39 is 0 Å². The van der Waals surface area contributed by atoms with E-state index in [1.807, 2.05) is 6.07 Å². The summed E-state index contributed by atoms with van der Waals surface area (Å²) >= 11 is 0. The highest BCUT2D eigenvalue weighted by Gasteiger charge is 2.14. The molecular weight excluding hydrogens is 174 g/mol. The Kier molecular flexibility index (Phi) is 3.02. The zero-order chi connectivity index (χ0) is 9.80. The van der Waals surface area contributed by atoms with Gasteiger partial charge in [0.25, 0.3) is 0 Å². The lowest BCUT2D eigenvalue weighted by molar-refractivity contribution is 0.112. The van der Waals surface area contributed by atoms with Gasteiger partial charge in [-0.05, 0) is 18.4 Å². The standard InChI is InChI=1S/C12H17NO/c14-9-11-7-12(13-8-11)6-10-4-2-1-3-5-10/h7-10,13H,1-6H2. The van der Waals surface area contributed by atoms with E-state index in [4.69, 9.17) is 0 Å². The lowest BCUT2D eigenvalue weighted by atomic mass is 9.86. The molecule has 1 aromatic heterocycles. The van der Waals surface area contributed by atoms with Gasteiger partial charge in [0, 0.05) is 17.5 Å². The Balaban J connectivity index is 1.92. The first-order valence-electron chi connectivity index (χ1n) is 5.51. The molecule has 0 unspecified atom stereocenters. The first-order chi connectivity index (χ1) is 6.88. The van der Waals surface area contributed by atoms with Crippen molar-refractivity contribution in [3.8, 4) is 0 Å². The van der Waals surface area contributed by atoms with Gasteiger partial charge in [0.15, 0.2) is 6.29 Å². The lowest BCUT2D eigenvalue weighted by Crippen LogP contribution is -2.09. The summed E-state index contributed by atoms with van der Waals surface area (Å²) < 4.78 is 0. The van der Waals surface area contributed by atoms with Crippen LogP contribution >= 0.6 is 0 Å². The number of aldehydes is 1. The molecule has 2 nitrogen and oxygen atoms in total. The van der Waals surface area contributed by atoms with Gasteiger partial charge in [-0.15, -0.1) is 0 Å². The van der Waals surface area contributed by atoms with Crippen LogP contribution in [0.2, 0.25) is 0 Å². The van der Waals surface area contributed by atoms with Crippen LogP contribution in [0.15, 0.2) is 12.3 Å². The van der Waals surface area contributed by atoms with E-state index in [0.717, 1.165) is 24.2 Å². The maximum Gasteiger partial charge on any atom is 0.151 e. The van der Waals surface area contributed by atoms with Crippen LogP contribution in [0.5, 0.6) is 0 Å². The number of hydrogen-bond acceptors (Lipinski definition) is 1. The van der Waals surface area contributed by atoms with Crippen LogP contribution in [-0.4, -0.2) is 11.3 Å². The van der Waals surface area contributed by atoms with Gasteiger partial charge >= 0.3 is 0 Å². The molecule has 0 saturated heterocycles. The number of H-pyrrole nitrogens is 1. The first-order valence-corrected chi connectivity index (χ1v) is 5.51. The minimum Gasteiger partial charge on any atom is -0.364 e. The normalized spacial score (nSPS) is 18.3. The first kappa shape index (κ1) is 9.50. The third kappa shape index (κ3) is 2.25.